The minimum atomic E-state index is -3.19. The molecular weight excluding hydrogens is 376 g/mol. The van der Waals surface area contributed by atoms with E-state index < -0.39 is 28.4 Å². The first-order valence-electron chi connectivity index (χ1n) is 8.44. The number of benzene rings is 2. The van der Waals surface area contributed by atoms with Crippen LogP contribution in [0.15, 0.2) is 54.6 Å². The molecule has 1 atom stereocenters. The van der Waals surface area contributed by atoms with Gasteiger partial charge >= 0.3 is 6.61 Å². The van der Waals surface area contributed by atoms with Gasteiger partial charge in [-0.15, -0.1) is 0 Å². The Labute approximate surface area is 156 Å². The van der Waals surface area contributed by atoms with Gasteiger partial charge in [-0.25, -0.2) is 8.42 Å². The summed E-state index contributed by atoms with van der Waals surface area (Å²) in [4.78, 5) is 14.6. The van der Waals surface area contributed by atoms with Gasteiger partial charge in [0.05, 0.1) is 11.5 Å². The molecule has 0 aromatic heterocycles. The summed E-state index contributed by atoms with van der Waals surface area (Å²) < 4.78 is 53.0. The fourth-order valence-electron chi connectivity index (χ4n) is 3.14. The Morgan fingerprint density at radius 3 is 2.52 bits per heavy atom. The lowest BCUT2D eigenvalue weighted by molar-refractivity contribution is -0.0499. The zero-order valence-corrected chi connectivity index (χ0v) is 15.2. The van der Waals surface area contributed by atoms with Crippen LogP contribution in [0.25, 0.3) is 0 Å². The average Bonchev–Trinajstić information content (AvgIpc) is 2.99. The highest BCUT2D eigenvalue weighted by atomic mass is 32.2. The van der Waals surface area contributed by atoms with Crippen LogP contribution in [-0.2, 0) is 16.4 Å². The highest BCUT2D eigenvalue weighted by Gasteiger charge is 2.35. The minimum Gasteiger partial charge on any atom is -0.435 e. The molecule has 8 heteroatoms. The number of rotatable bonds is 6. The van der Waals surface area contributed by atoms with Gasteiger partial charge in [0.2, 0.25) is 0 Å². The number of amides is 1. The molecule has 1 aliphatic rings. The van der Waals surface area contributed by atoms with E-state index in [9.17, 15) is 22.0 Å². The predicted octanol–water partition coefficient (Wildman–Crippen LogP) is 3.12. The van der Waals surface area contributed by atoms with Crippen molar-refractivity contribution < 1.29 is 26.7 Å². The molecule has 0 spiro atoms. The number of hydrogen-bond acceptors (Lipinski definition) is 4. The first-order valence-corrected chi connectivity index (χ1v) is 10.3. The Morgan fingerprint density at radius 1 is 1.15 bits per heavy atom. The van der Waals surface area contributed by atoms with Crippen molar-refractivity contribution in [1.29, 1.82) is 0 Å². The molecular formula is C19H19F2NO4S. The Kier molecular flexibility index (Phi) is 5.74. The maximum atomic E-state index is 13.1. The fraction of sp³-hybridized carbons (Fsp3) is 0.316. The lowest BCUT2D eigenvalue weighted by Gasteiger charge is -2.28. The molecule has 1 fully saturated rings. The van der Waals surface area contributed by atoms with Gasteiger partial charge in [0.15, 0.2) is 9.84 Å². The Balaban J connectivity index is 1.88. The average molecular weight is 395 g/mol. The van der Waals surface area contributed by atoms with E-state index in [0.717, 1.165) is 5.56 Å². The highest BCUT2D eigenvalue weighted by molar-refractivity contribution is 7.91. The van der Waals surface area contributed by atoms with Crippen LogP contribution in [0.1, 0.15) is 22.3 Å². The normalized spacial score (nSPS) is 18.4. The monoisotopic (exact) mass is 395 g/mol. The number of carbonyl (C=O) groups excluding carboxylic acids is 1. The summed E-state index contributed by atoms with van der Waals surface area (Å²) in [5.41, 5.74) is 1.03. The molecule has 1 aliphatic heterocycles. The molecule has 0 aliphatic carbocycles. The molecule has 0 bridgehead atoms. The minimum absolute atomic E-state index is 0.0325. The molecule has 0 saturated carbocycles. The molecule has 5 nitrogen and oxygen atoms in total. The predicted molar refractivity (Wildman–Crippen MR) is 96.4 cm³/mol. The number of alkyl halides is 2. The maximum absolute atomic E-state index is 13.1. The standard InChI is InChI=1S/C19H19F2NO4S/c20-19(21)26-17-8-4-7-15(11-17)18(23)22(12-14-5-2-1-3-6-14)16-9-10-27(24,25)13-16/h1-8,11,16,19H,9-10,12-13H2/t16-/m0/s1. The van der Waals surface area contributed by atoms with Crippen LogP contribution in [0.2, 0.25) is 0 Å². The second kappa shape index (κ2) is 8.04. The molecule has 2 aromatic carbocycles. The van der Waals surface area contributed by atoms with Crippen molar-refractivity contribution in [3.8, 4) is 5.75 Å². The van der Waals surface area contributed by atoms with E-state index in [1.54, 1.807) is 0 Å². The molecule has 27 heavy (non-hydrogen) atoms. The lowest BCUT2D eigenvalue weighted by atomic mass is 10.1. The molecule has 1 amide bonds. The summed E-state index contributed by atoms with van der Waals surface area (Å²) in [5, 5.41) is 0. The van der Waals surface area contributed by atoms with Crippen molar-refractivity contribution in [1.82, 2.24) is 4.90 Å². The van der Waals surface area contributed by atoms with Gasteiger partial charge in [0.1, 0.15) is 5.75 Å². The molecule has 3 rings (SSSR count). The van der Waals surface area contributed by atoms with Gasteiger partial charge in [-0.3, -0.25) is 4.79 Å². The van der Waals surface area contributed by atoms with E-state index in [0.29, 0.717) is 6.42 Å². The summed E-state index contributed by atoms with van der Waals surface area (Å²) >= 11 is 0. The smallest absolute Gasteiger partial charge is 0.387 e. The maximum Gasteiger partial charge on any atom is 0.387 e. The molecule has 2 aromatic rings. The number of nitrogens with zero attached hydrogens (tertiary/aromatic N) is 1. The van der Waals surface area contributed by atoms with E-state index in [1.807, 2.05) is 30.3 Å². The number of carbonyl (C=O) groups is 1. The number of sulfone groups is 1. The topological polar surface area (TPSA) is 63.7 Å². The highest BCUT2D eigenvalue weighted by Crippen LogP contribution is 2.24. The first-order chi connectivity index (χ1) is 12.8. The molecule has 1 heterocycles. The van der Waals surface area contributed by atoms with Crippen molar-refractivity contribution in [3.63, 3.8) is 0 Å². The van der Waals surface area contributed by atoms with Crippen LogP contribution >= 0.6 is 0 Å². The van der Waals surface area contributed by atoms with Gasteiger partial charge in [-0.2, -0.15) is 8.78 Å². The van der Waals surface area contributed by atoms with Gasteiger partial charge in [-0.05, 0) is 30.2 Å². The molecule has 1 saturated heterocycles. The van der Waals surface area contributed by atoms with E-state index >= 15 is 0 Å². The van der Waals surface area contributed by atoms with Crippen molar-refractivity contribution in [2.45, 2.75) is 25.6 Å². The van der Waals surface area contributed by atoms with Crippen LogP contribution in [0.5, 0.6) is 5.75 Å². The molecule has 144 valence electrons. The van der Waals surface area contributed by atoms with Crippen molar-refractivity contribution >= 4 is 15.7 Å². The zero-order valence-electron chi connectivity index (χ0n) is 14.4. The summed E-state index contributed by atoms with van der Waals surface area (Å²) in [6.07, 6.45) is 0.355. The Hall–Kier alpha value is -2.48. The quantitative estimate of drug-likeness (QED) is 0.754. The van der Waals surface area contributed by atoms with Crippen LogP contribution in [0, 0.1) is 0 Å². The summed E-state index contributed by atoms with van der Waals surface area (Å²) in [6.45, 7) is -2.75. The van der Waals surface area contributed by atoms with Gasteiger partial charge in [0.25, 0.3) is 5.91 Å². The second-order valence-corrected chi connectivity index (χ2v) is 8.61. The second-order valence-electron chi connectivity index (χ2n) is 6.38. The third-order valence-corrected chi connectivity index (χ3v) is 6.16. The number of halogens is 2. The third kappa shape index (κ3) is 5.03. The lowest BCUT2D eigenvalue weighted by Crippen LogP contribution is -2.40. The van der Waals surface area contributed by atoms with Crippen LogP contribution < -0.4 is 4.74 Å². The van der Waals surface area contributed by atoms with Gasteiger partial charge in [0, 0.05) is 18.2 Å². The molecule has 0 N–H and O–H groups in total. The van der Waals surface area contributed by atoms with E-state index in [-0.39, 0.29) is 29.4 Å². The fourth-order valence-corrected chi connectivity index (χ4v) is 4.87. The van der Waals surface area contributed by atoms with Gasteiger partial charge in [-0.1, -0.05) is 36.4 Å². The summed E-state index contributed by atoms with van der Waals surface area (Å²) in [6, 6.07) is 14.3. The van der Waals surface area contributed by atoms with Crippen molar-refractivity contribution in [3.05, 3.63) is 65.7 Å². The molecule has 0 radical (unpaired) electrons. The Bertz CT molecular complexity index is 903. The Morgan fingerprint density at radius 2 is 1.89 bits per heavy atom. The number of hydrogen-bond donors (Lipinski definition) is 0. The van der Waals surface area contributed by atoms with E-state index in [4.69, 9.17) is 0 Å². The van der Waals surface area contributed by atoms with Gasteiger partial charge < -0.3 is 9.64 Å². The molecule has 0 unspecified atom stereocenters. The van der Waals surface area contributed by atoms with Crippen molar-refractivity contribution in [2.75, 3.05) is 11.5 Å². The van der Waals surface area contributed by atoms with Crippen LogP contribution in [-0.4, -0.2) is 43.4 Å². The third-order valence-electron chi connectivity index (χ3n) is 4.41. The van der Waals surface area contributed by atoms with E-state index in [1.165, 1.54) is 29.2 Å². The first kappa shape index (κ1) is 19.3. The SMILES string of the molecule is O=C(c1cccc(OC(F)F)c1)N(Cc1ccccc1)[C@H]1CCS(=O)(=O)C1. The summed E-state index contributed by atoms with van der Waals surface area (Å²) in [7, 11) is -3.19. The zero-order chi connectivity index (χ0) is 19.4. The van der Waals surface area contributed by atoms with E-state index in [2.05, 4.69) is 4.74 Å². The van der Waals surface area contributed by atoms with Crippen LogP contribution in [0.4, 0.5) is 8.78 Å². The number of ether oxygens (including phenoxy) is 1. The van der Waals surface area contributed by atoms with Crippen molar-refractivity contribution in [2.24, 2.45) is 0 Å². The largest absolute Gasteiger partial charge is 0.435 e. The summed E-state index contributed by atoms with van der Waals surface area (Å²) in [5.74, 6) is -0.598. The van der Waals surface area contributed by atoms with Crippen LogP contribution in [0.3, 0.4) is 0 Å².